The minimum Gasteiger partial charge on any atom is -0.0885 e. The topological polar surface area (TPSA) is 0 Å². The van der Waals surface area contributed by atoms with Crippen LogP contribution >= 0.6 is 0 Å². The number of rotatable bonds is 2. The second-order valence-electron chi connectivity index (χ2n) is 2.88. The lowest BCUT2D eigenvalue weighted by molar-refractivity contribution is 0.683. The van der Waals surface area contributed by atoms with Crippen molar-refractivity contribution in [3.05, 3.63) is 12.2 Å². The first-order chi connectivity index (χ1) is 4.43. The van der Waals surface area contributed by atoms with E-state index in [1.54, 1.807) is 0 Å². The Morgan fingerprint density at radius 3 is 2.56 bits per heavy atom. The Kier molecular flexibility index (Phi) is 2.82. The lowest BCUT2D eigenvalue weighted by Crippen LogP contribution is -1.84. The second kappa shape index (κ2) is 3.71. The third-order valence-electron chi connectivity index (χ3n) is 2.04. The predicted octanol–water partition coefficient (Wildman–Crippen LogP) is 3.14. The molecule has 0 heterocycles. The molecular formula is C9H16. The Morgan fingerprint density at radius 1 is 1.33 bits per heavy atom. The van der Waals surface area contributed by atoms with E-state index in [4.69, 9.17) is 0 Å². The minimum absolute atomic E-state index is 0.935. The first kappa shape index (κ1) is 6.85. The Hall–Kier alpha value is -0.260. The highest BCUT2D eigenvalue weighted by Crippen LogP contribution is 2.25. The van der Waals surface area contributed by atoms with Crippen LogP contribution in [0.3, 0.4) is 0 Å². The smallest absolute Gasteiger partial charge is 0.0234 e. The fraction of sp³-hybridized carbons (Fsp3) is 0.778. The van der Waals surface area contributed by atoms with Gasteiger partial charge in [-0.2, -0.15) is 0 Å². The Morgan fingerprint density at radius 2 is 2.00 bits per heavy atom. The largest absolute Gasteiger partial charge is 0.0885 e. The molecule has 1 aliphatic rings. The van der Waals surface area contributed by atoms with E-state index in [2.05, 4.69) is 19.1 Å². The van der Waals surface area contributed by atoms with Crippen molar-refractivity contribution in [3.8, 4) is 0 Å². The summed E-state index contributed by atoms with van der Waals surface area (Å²) in [6.45, 7) is 2.20. The van der Waals surface area contributed by atoms with E-state index < -0.39 is 0 Å². The summed E-state index contributed by atoms with van der Waals surface area (Å²) in [6.07, 6.45) is 11.7. The molecule has 0 aromatic heterocycles. The number of hydrogen-bond donors (Lipinski definition) is 0. The molecule has 0 nitrogen and oxygen atoms in total. The van der Waals surface area contributed by atoms with Crippen molar-refractivity contribution in [2.45, 2.75) is 39.0 Å². The summed E-state index contributed by atoms with van der Waals surface area (Å²) in [5.41, 5.74) is 0. The standard InChI is InChI=1S/C9H16/c1-2-3-6-9-7-4-5-8-9/h3,6,9H,2,4-5,7-8H2,1H3/b6-3+. The molecule has 1 saturated carbocycles. The van der Waals surface area contributed by atoms with Crippen LogP contribution in [-0.4, -0.2) is 0 Å². The highest BCUT2D eigenvalue weighted by atomic mass is 14.2. The van der Waals surface area contributed by atoms with Crippen molar-refractivity contribution in [2.75, 3.05) is 0 Å². The summed E-state index contributed by atoms with van der Waals surface area (Å²) in [5.74, 6) is 0.935. The van der Waals surface area contributed by atoms with Gasteiger partial charge in [-0.1, -0.05) is 31.9 Å². The highest BCUT2D eigenvalue weighted by molar-refractivity contribution is 4.89. The van der Waals surface area contributed by atoms with Gasteiger partial charge in [-0.25, -0.2) is 0 Å². The van der Waals surface area contributed by atoms with E-state index in [0.717, 1.165) is 5.92 Å². The van der Waals surface area contributed by atoms with Crippen LogP contribution in [0.15, 0.2) is 12.2 Å². The van der Waals surface area contributed by atoms with Gasteiger partial charge in [0.2, 0.25) is 0 Å². The molecule has 0 saturated heterocycles. The van der Waals surface area contributed by atoms with Crippen molar-refractivity contribution in [2.24, 2.45) is 5.92 Å². The van der Waals surface area contributed by atoms with Gasteiger partial charge in [-0.3, -0.25) is 0 Å². The van der Waals surface area contributed by atoms with Crippen LogP contribution in [0.4, 0.5) is 0 Å². The summed E-state index contributed by atoms with van der Waals surface area (Å²) in [6, 6.07) is 0. The van der Waals surface area contributed by atoms with E-state index in [-0.39, 0.29) is 0 Å². The molecule has 0 aromatic rings. The molecule has 1 fully saturated rings. The van der Waals surface area contributed by atoms with Gasteiger partial charge in [-0.05, 0) is 25.2 Å². The zero-order valence-electron chi connectivity index (χ0n) is 6.27. The maximum atomic E-state index is 2.40. The van der Waals surface area contributed by atoms with Gasteiger partial charge in [-0.15, -0.1) is 0 Å². The molecule has 1 aliphatic carbocycles. The zero-order chi connectivity index (χ0) is 6.53. The number of hydrogen-bond acceptors (Lipinski definition) is 0. The van der Waals surface area contributed by atoms with E-state index in [9.17, 15) is 0 Å². The zero-order valence-corrected chi connectivity index (χ0v) is 6.27. The predicted molar refractivity (Wildman–Crippen MR) is 41.4 cm³/mol. The molecule has 52 valence electrons. The fourth-order valence-corrected chi connectivity index (χ4v) is 1.48. The number of allylic oxidation sites excluding steroid dienone is 2. The minimum atomic E-state index is 0.935. The van der Waals surface area contributed by atoms with Crippen LogP contribution in [0.25, 0.3) is 0 Å². The second-order valence-corrected chi connectivity index (χ2v) is 2.88. The normalized spacial score (nSPS) is 21.9. The van der Waals surface area contributed by atoms with Crippen LogP contribution in [-0.2, 0) is 0 Å². The summed E-state index contributed by atoms with van der Waals surface area (Å²) in [4.78, 5) is 0. The third kappa shape index (κ3) is 2.21. The highest BCUT2D eigenvalue weighted by Gasteiger charge is 2.10. The molecule has 1 rings (SSSR count). The molecule has 0 radical (unpaired) electrons. The fourth-order valence-electron chi connectivity index (χ4n) is 1.48. The SMILES string of the molecule is CC/C=C/C1CCCC1. The molecular weight excluding hydrogens is 108 g/mol. The van der Waals surface area contributed by atoms with Gasteiger partial charge >= 0.3 is 0 Å². The quantitative estimate of drug-likeness (QED) is 0.496. The van der Waals surface area contributed by atoms with Gasteiger partial charge in [0, 0.05) is 0 Å². The van der Waals surface area contributed by atoms with E-state index in [0.29, 0.717) is 0 Å². The molecule has 0 atom stereocenters. The molecule has 0 unspecified atom stereocenters. The van der Waals surface area contributed by atoms with Gasteiger partial charge in [0.05, 0.1) is 0 Å². The maximum absolute atomic E-state index is 2.40. The van der Waals surface area contributed by atoms with E-state index in [1.807, 2.05) is 0 Å². The molecule has 0 N–H and O–H groups in total. The first-order valence-electron chi connectivity index (χ1n) is 4.10. The van der Waals surface area contributed by atoms with Gasteiger partial charge in [0.25, 0.3) is 0 Å². The molecule has 0 aliphatic heterocycles. The van der Waals surface area contributed by atoms with Crippen LogP contribution in [0, 0.1) is 5.92 Å². The van der Waals surface area contributed by atoms with E-state index >= 15 is 0 Å². The lowest BCUT2D eigenvalue weighted by Gasteiger charge is -1.97. The maximum Gasteiger partial charge on any atom is -0.0234 e. The van der Waals surface area contributed by atoms with Crippen molar-refractivity contribution < 1.29 is 0 Å². The molecule has 0 amide bonds. The average Bonchev–Trinajstić information content (AvgIpc) is 2.34. The van der Waals surface area contributed by atoms with Crippen molar-refractivity contribution in [1.82, 2.24) is 0 Å². The van der Waals surface area contributed by atoms with Crippen molar-refractivity contribution >= 4 is 0 Å². The summed E-state index contributed by atoms with van der Waals surface area (Å²) in [5, 5.41) is 0. The van der Waals surface area contributed by atoms with Crippen molar-refractivity contribution in [1.29, 1.82) is 0 Å². The van der Waals surface area contributed by atoms with Crippen LogP contribution in [0.2, 0.25) is 0 Å². The van der Waals surface area contributed by atoms with Crippen molar-refractivity contribution in [3.63, 3.8) is 0 Å². The van der Waals surface area contributed by atoms with Gasteiger partial charge in [0.1, 0.15) is 0 Å². The molecule has 0 spiro atoms. The first-order valence-corrected chi connectivity index (χ1v) is 4.10. The molecule has 9 heavy (non-hydrogen) atoms. The van der Waals surface area contributed by atoms with E-state index in [1.165, 1.54) is 32.1 Å². The average molecular weight is 124 g/mol. The Balaban J connectivity index is 2.18. The Bertz CT molecular complexity index is 86.2. The van der Waals surface area contributed by atoms with Gasteiger partial charge in [0.15, 0.2) is 0 Å². The summed E-state index contributed by atoms with van der Waals surface area (Å²) < 4.78 is 0. The summed E-state index contributed by atoms with van der Waals surface area (Å²) in [7, 11) is 0. The lowest BCUT2D eigenvalue weighted by atomic mass is 10.1. The molecule has 0 bridgehead atoms. The molecule has 0 heteroatoms. The monoisotopic (exact) mass is 124 g/mol. The van der Waals surface area contributed by atoms with Crippen LogP contribution in [0.5, 0.6) is 0 Å². The Labute approximate surface area is 58.0 Å². The summed E-state index contributed by atoms with van der Waals surface area (Å²) >= 11 is 0. The van der Waals surface area contributed by atoms with Crippen LogP contribution in [0.1, 0.15) is 39.0 Å². The van der Waals surface area contributed by atoms with Gasteiger partial charge < -0.3 is 0 Å². The third-order valence-corrected chi connectivity index (χ3v) is 2.04. The molecule has 0 aromatic carbocycles. The van der Waals surface area contributed by atoms with Crippen LogP contribution < -0.4 is 0 Å².